The van der Waals surface area contributed by atoms with Crippen LogP contribution in [0.15, 0.2) is 24.3 Å². The number of hydrogen-bond acceptors (Lipinski definition) is 1. The standard InChI is InChI=1S/C11H18O/c1-4-5-6-7-8-9-11(12)10(2)3/h4-5,8-10H,6-7H2,1-3H3/b5-4+,9-8+. The van der Waals surface area contributed by atoms with Gasteiger partial charge in [-0.25, -0.2) is 0 Å². The molecule has 0 rings (SSSR count). The van der Waals surface area contributed by atoms with Crippen molar-refractivity contribution in [2.75, 3.05) is 0 Å². The third-order valence-corrected chi connectivity index (χ3v) is 1.59. The Labute approximate surface area is 75.2 Å². The summed E-state index contributed by atoms with van der Waals surface area (Å²) < 4.78 is 0. The highest BCUT2D eigenvalue weighted by Crippen LogP contribution is 1.98. The van der Waals surface area contributed by atoms with E-state index in [0.717, 1.165) is 12.8 Å². The lowest BCUT2D eigenvalue weighted by Crippen LogP contribution is -2.01. The van der Waals surface area contributed by atoms with E-state index in [1.807, 2.05) is 32.9 Å². The zero-order valence-corrected chi connectivity index (χ0v) is 8.21. The van der Waals surface area contributed by atoms with Gasteiger partial charge in [-0.05, 0) is 25.8 Å². The summed E-state index contributed by atoms with van der Waals surface area (Å²) in [5, 5.41) is 0. The number of allylic oxidation sites excluding steroid dienone is 4. The largest absolute Gasteiger partial charge is 0.295 e. The molecule has 0 aromatic carbocycles. The first-order valence-electron chi connectivity index (χ1n) is 4.50. The number of rotatable bonds is 5. The lowest BCUT2D eigenvalue weighted by Gasteiger charge is -1.95. The van der Waals surface area contributed by atoms with Gasteiger partial charge in [0.25, 0.3) is 0 Å². The van der Waals surface area contributed by atoms with Crippen LogP contribution in [0.3, 0.4) is 0 Å². The Balaban J connectivity index is 3.55. The van der Waals surface area contributed by atoms with Crippen LogP contribution in [0.5, 0.6) is 0 Å². The van der Waals surface area contributed by atoms with Crippen molar-refractivity contribution in [1.29, 1.82) is 0 Å². The quantitative estimate of drug-likeness (QED) is 0.348. The molecule has 0 radical (unpaired) electrons. The molecular formula is C11H18O. The number of carbonyl (C=O) groups excluding carboxylic acids is 1. The van der Waals surface area contributed by atoms with Gasteiger partial charge in [-0.15, -0.1) is 0 Å². The monoisotopic (exact) mass is 166 g/mol. The van der Waals surface area contributed by atoms with Crippen LogP contribution < -0.4 is 0 Å². The van der Waals surface area contributed by atoms with Crippen LogP contribution in [0.4, 0.5) is 0 Å². The van der Waals surface area contributed by atoms with Crippen LogP contribution >= 0.6 is 0 Å². The van der Waals surface area contributed by atoms with Crippen molar-refractivity contribution in [3.8, 4) is 0 Å². The van der Waals surface area contributed by atoms with Crippen molar-refractivity contribution >= 4 is 5.78 Å². The molecule has 0 aliphatic heterocycles. The molecule has 0 atom stereocenters. The minimum absolute atomic E-state index is 0.128. The van der Waals surface area contributed by atoms with Gasteiger partial charge in [0.15, 0.2) is 5.78 Å². The maximum absolute atomic E-state index is 11.1. The fourth-order valence-corrected chi connectivity index (χ4v) is 0.751. The van der Waals surface area contributed by atoms with Crippen molar-refractivity contribution in [2.45, 2.75) is 33.6 Å². The molecule has 0 aromatic rings. The highest BCUT2D eigenvalue weighted by molar-refractivity contribution is 5.91. The normalized spacial score (nSPS) is 12.0. The smallest absolute Gasteiger partial charge is 0.157 e. The Morgan fingerprint density at radius 1 is 1.25 bits per heavy atom. The second kappa shape index (κ2) is 6.84. The second-order valence-electron chi connectivity index (χ2n) is 3.11. The van der Waals surface area contributed by atoms with Crippen molar-refractivity contribution < 1.29 is 4.79 Å². The van der Waals surface area contributed by atoms with E-state index in [1.54, 1.807) is 6.08 Å². The molecule has 1 nitrogen and oxygen atoms in total. The van der Waals surface area contributed by atoms with Crippen molar-refractivity contribution in [1.82, 2.24) is 0 Å². The van der Waals surface area contributed by atoms with Gasteiger partial charge < -0.3 is 0 Å². The Hall–Kier alpha value is -0.850. The molecule has 0 heterocycles. The molecule has 1 heteroatoms. The number of unbranched alkanes of at least 4 members (excludes halogenated alkanes) is 1. The average Bonchev–Trinajstić information content (AvgIpc) is 2.03. The Morgan fingerprint density at radius 2 is 1.83 bits per heavy atom. The lowest BCUT2D eigenvalue weighted by atomic mass is 10.1. The first kappa shape index (κ1) is 11.2. The van der Waals surface area contributed by atoms with Crippen LogP contribution in [-0.4, -0.2) is 5.78 Å². The average molecular weight is 166 g/mol. The molecule has 0 N–H and O–H groups in total. The minimum Gasteiger partial charge on any atom is -0.295 e. The summed E-state index contributed by atoms with van der Waals surface area (Å²) in [6.45, 7) is 5.83. The second-order valence-corrected chi connectivity index (χ2v) is 3.11. The van der Waals surface area contributed by atoms with Crippen LogP contribution in [0.2, 0.25) is 0 Å². The highest BCUT2D eigenvalue weighted by atomic mass is 16.1. The predicted molar refractivity (Wildman–Crippen MR) is 53.0 cm³/mol. The molecule has 0 saturated heterocycles. The summed E-state index contributed by atoms with van der Waals surface area (Å²) in [6.07, 6.45) is 9.75. The van der Waals surface area contributed by atoms with Crippen LogP contribution in [-0.2, 0) is 4.79 Å². The topological polar surface area (TPSA) is 17.1 Å². The summed E-state index contributed by atoms with van der Waals surface area (Å²) in [4.78, 5) is 11.1. The molecule has 0 saturated carbocycles. The predicted octanol–water partition coefficient (Wildman–Crippen LogP) is 3.12. The summed E-state index contributed by atoms with van der Waals surface area (Å²) >= 11 is 0. The molecule has 0 unspecified atom stereocenters. The van der Waals surface area contributed by atoms with E-state index >= 15 is 0 Å². The van der Waals surface area contributed by atoms with Gasteiger partial charge in [0.1, 0.15) is 0 Å². The summed E-state index contributed by atoms with van der Waals surface area (Å²) in [5.41, 5.74) is 0. The van der Waals surface area contributed by atoms with E-state index in [-0.39, 0.29) is 11.7 Å². The van der Waals surface area contributed by atoms with Gasteiger partial charge >= 0.3 is 0 Å². The van der Waals surface area contributed by atoms with Crippen LogP contribution in [0.25, 0.3) is 0 Å². The number of hydrogen-bond donors (Lipinski definition) is 0. The maximum atomic E-state index is 11.1. The maximum Gasteiger partial charge on any atom is 0.157 e. The SMILES string of the molecule is C/C=C/CC/C=C/C(=O)C(C)C. The molecule has 68 valence electrons. The fourth-order valence-electron chi connectivity index (χ4n) is 0.751. The van der Waals surface area contributed by atoms with Crippen molar-refractivity contribution in [3.63, 3.8) is 0 Å². The molecule has 12 heavy (non-hydrogen) atoms. The van der Waals surface area contributed by atoms with E-state index in [1.165, 1.54) is 0 Å². The third kappa shape index (κ3) is 5.90. The molecule has 0 aliphatic rings. The minimum atomic E-state index is 0.128. The van der Waals surface area contributed by atoms with E-state index in [9.17, 15) is 4.79 Å². The first-order valence-corrected chi connectivity index (χ1v) is 4.50. The Bertz CT molecular complexity index is 175. The fraction of sp³-hybridized carbons (Fsp3) is 0.545. The van der Waals surface area contributed by atoms with Crippen molar-refractivity contribution in [3.05, 3.63) is 24.3 Å². The van der Waals surface area contributed by atoms with Crippen LogP contribution in [0.1, 0.15) is 33.6 Å². The van der Waals surface area contributed by atoms with Gasteiger partial charge in [-0.3, -0.25) is 4.79 Å². The first-order chi connectivity index (χ1) is 5.68. The zero-order valence-electron chi connectivity index (χ0n) is 8.21. The molecule has 0 bridgehead atoms. The number of carbonyl (C=O) groups is 1. The lowest BCUT2D eigenvalue weighted by molar-refractivity contribution is -0.117. The van der Waals surface area contributed by atoms with Gasteiger partial charge in [0, 0.05) is 5.92 Å². The van der Waals surface area contributed by atoms with Gasteiger partial charge in [0.05, 0.1) is 0 Å². The summed E-state index contributed by atoms with van der Waals surface area (Å²) in [7, 11) is 0. The molecule has 0 spiro atoms. The molecule has 0 fully saturated rings. The van der Waals surface area contributed by atoms with E-state index < -0.39 is 0 Å². The van der Waals surface area contributed by atoms with Crippen LogP contribution in [0, 0.1) is 5.92 Å². The zero-order chi connectivity index (χ0) is 9.40. The summed E-state index contributed by atoms with van der Waals surface area (Å²) in [6, 6.07) is 0. The van der Waals surface area contributed by atoms with E-state index in [4.69, 9.17) is 0 Å². The number of ketones is 1. The Morgan fingerprint density at radius 3 is 2.33 bits per heavy atom. The highest BCUT2D eigenvalue weighted by Gasteiger charge is 1.99. The van der Waals surface area contributed by atoms with E-state index in [0.29, 0.717) is 0 Å². The van der Waals surface area contributed by atoms with Gasteiger partial charge in [-0.2, -0.15) is 0 Å². The Kier molecular flexibility index (Phi) is 6.35. The third-order valence-electron chi connectivity index (χ3n) is 1.59. The molecule has 0 aromatic heterocycles. The molecular weight excluding hydrogens is 148 g/mol. The molecule has 0 aliphatic carbocycles. The summed E-state index contributed by atoms with van der Waals surface area (Å²) in [5.74, 6) is 0.346. The van der Waals surface area contributed by atoms with E-state index in [2.05, 4.69) is 6.08 Å². The van der Waals surface area contributed by atoms with Crippen molar-refractivity contribution in [2.24, 2.45) is 5.92 Å². The van der Waals surface area contributed by atoms with Gasteiger partial charge in [-0.1, -0.05) is 32.1 Å². The molecule has 0 amide bonds. The van der Waals surface area contributed by atoms with Gasteiger partial charge in [0.2, 0.25) is 0 Å².